The molecular weight excluding hydrogens is 238 g/mol. The molecule has 4 heteroatoms. The van der Waals surface area contributed by atoms with Crippen molar-refractivity contribution in [3.05, 3.63) is 17.0 Å². The molecule has 0 radical (unpaired) electrons. The van der Waals surface area contributed by atoms with Gasteiger partial charge >= 0.3 is 0 Å². The SMILES string of the molecule is CCNCc1c(CC)nn(C(C)CCOC)c1CC. The van der Waals surface area contributed by atoms with Crippen molar-refractivity contribution in [1.82, 2.24) is 15.1 Å². The summed E-state index contributed by atoms with van der Waals surface area (Å²) in [6.45, 7) is 11.5. The molecule has 0 aromatic carbocycles. The predicted octanol–water partition coefficient (Wildman–Crippen LogP) is 2.71. The molecule has 0 fully saturated rings. The van der Waals surface area contributed by atoms with E-state index in [1.54, 1.807) is 7.11 Å². The largest absolute Gasteiger partial charge is 0.385 e. The molecule has 4 nitrogen and oxygen atoms in total. The maximum Gasteiger partial charge on any atom is 0.0669 e. The third-order valence-corrected chi connectivity index (χ3v) is 3.58. The Labute approximate surface area is 117 Å². The molecule has 0 aliphatic rings. The molecule has 110 valence electrons. The highest BCUT2D eigenvalue weighted by molar-refractivity contribution is 5.27. The van der Waals surface area contributed by atoms with E-state index in [0.29, 0.717) is 6.04 Å². The van der Waals surface area contributed by atoms with Crippen molar-refractivity contribution in [2.24, 2.45) is 0 Å². The molecule has 1 aromatic rings. The number of rotatable bonds is 9. The first kappa shape index (κ1) is 16.2. The number of nitrogens with one attached hydrogen (secondary N) is 1. The molecule has 0 saturated carbocycles. The third-order valence-electron chi connectivity index (χ3n) is 3.58. The number of methoxy groups -OCH3 is 1. The first-order valence-electron chi connectivity index (χ1n) is 7.48. The topological polar surface area (TPSA) is 39.1 Å². The zero-order valence-corrected chi connectivity index (χ0v) is 13.1. The molecule has 0 aliphatic heterocycles. The quantitative estimate of drug-likeness (QED) is 0.747. The van der Waals surface area contributed by atoms with E-state index in [1.807, 2.05) is 0 Å². The fourth-order valence-corrected chi connectivity index (χ4v) is 2.44. The smallest absolute Gasteiger partial charge is 0.0669 e. The number of ether oxygens (including phenoxy) is 1. The van der Waals surface area contributed by atoms with Crippen LogP contribution < -0.4 is 5.32 Å². The zero-order valence-electron chi connectivity index (χ0n) is 13.1. The second-order valence-electron chi connectivity index (χ2n) is 4.93. The van der Waals surface area contributed by atoms with Gasteiger partial charge in [0.05, 0.1) is 11.7 Å². The van der Waals surface area contributed by atoms with Crippen LogP contribution in [0.4, 0.5) is 0 Å². The molecular formula is C15H29N3O. The maximum atomic E-state index is 5.18. The van der Waals surface area contributed by atoms with Gasteiger partial charge in [-0.05, 0) is 32.7 Å². The van der Waals surface area contributed by atoms with Gasteiger partial charge in [0.25, 0.3) is 0 Å². The number of hydrogen-bond acceptors (Lipinski definition) is 3. The monoisotopic (exact) mass is 267 g/mol. The predicted molar refractivity (Wildman–Crippen MR) is 79.6 cm³/mol. The lowest BCUT2D eigenvalue weighted by Crippen LogP contribution is -2.16. The van der Waals surface area contributed by atoms with Crippen LogP contribution in [-0.2, 0) is 24.1 Å². The zero-order chi connectivity index (χ0) is 14.3. The number of aromatic nitrogens is 2. The summed E-state index contributed by atoms with van der Waals surface area (Å²) in [5, 5.41) is 8.26. The minimum absolute atomic E-state index is 0.399. The fraction of sp³-hybridized carbons (Fsp3) is 0.800. The highest BCUT2D eigenvalue weighted by Gasteiger charge is 2.18. The van der Waals surface area contributed by atoms with Gasteiger partial charge in [0, 0.05) is 31.5 Å². The Morgan fingerprint density at radius 2 is 2.00 bits per heavy atom. The van der Waals surface area contributed by atoms with Crippen molar-refractivity contribution >= 4 is 0 Å². The van der Waals surface area contributed by atoms with E-state index in [0.717, 1.165) is 39.0 Å². The van der Waals surface area contributed by atoms with Crippen molar-refractivity contribution in [3.8, 4) is 0 Å². The van der Waals surface area contributed by atoms with Crippen LogP contribution in [0.25, 0.3) is 0 Å². The summed E-state index contributed by atoms with van der Waals surface area (Å²) >= 11 is 0. The summed E-state index contributed by atoms with van der Waals surface area (Å²) in [5.74, 6) is 0. The van der Waals surface area contributed by atoms with Crippen LogP contribution in [0.3, 0.4) is 0 Å². The molecule has 0 aliphatic carbocycles. The fourth-order valence-electron chi connectivity index (χ4n) is 2.44. The lowest BCUT2D eigenvalue weighted by Gasteiger charge is -2.15. The van der Waals surface area contributed by atoms with E-state index in [9.17, 15) is 0 Å². The van der Waals surface area contributed by atoms with Gasteiger partial charge in [0.2, 0.25) is 0 Å². The number of hydrogen-bond donors (Lipinski definition) is 1. The highest BCUT2D eigenvalue weighted by atomic mass is 16.5. The van der Waals surface area contributed by atoms with Gasteiger partial charge in [0.15, 0.2) is 0 Å². The molecule has 1 aromatic heterocycles. The van der Waals surface area contributed by atoms with Gasteiger partial charge in [-0.25, -0.2) is 0 Å². The van der Waals surface area contributed by atoms with E-state index in [1.165, 1.54) is 17.0 Å². The molecule has 1 rings (SSSR count). The molecule has 0 amide bonds. The molecule has 1 unspecified atom stereocenters. The normalized spacial score (nSPS) is 12.9. The highest BCUT2D eigenvalue weighted by Crippen LogP contribution is 2.21. The first-order valence-corrected chi connectivity index (χ1v) is 7.48. The second-order valence-corrected chi connectivity index (χ2v) is 4.93. The maximum absolute atomic E-state index is 5.18. The van der Waals surface area contributed by atoms with Gasteiger partial charge in [-0.1, -0.05) is 20.8 Å². The van der Waals surface area contributed by atoms with E-state index in [-0.39, 0.29) is 0 Å². The van der Waals surface area contributed by atoms with Gasteiger partial charge < -0.3 is 10.1 Å². The van der Waals surface area contributed by atoms with Crippen molar-refractivity contribution < 1.29 is 4.74 Å². The number of aryl methyl sites for hydroxylation is 1. The Bertz CT molecular complexity index is 374. The first-order chi connectivity index (χ1) is 9.19. The lowest BCUT2D eigenvalue weighted by molar-refractivity contribution is 0.178. The Balaban J connectivity index is 2.99. The molecule has 19 heavy (non-hydrogen) atoms. The van der Waals surface area contributed by atoms with Crippen LogP contribution >= 0.6 is 0 Å². The minimum atomic E-state index is 0.399. The van der Waals surface area contributed by atoms with Crippen LogP contribution in [0.2, 0.25) is 0 Å². The molecule has 0 spiro atoms. The molecule has 1 atom stereocenters. The summed E-state index contributed by atoms with van der Waals surface area (Å²) in [6, 6.07) is 0.399. The minimum Gasteiger partial charge on any atom is -0.385 e. The van der Waals surface area contributed by atoms with Crippen LogP contribution in [-0.4, -0.2) is 30.0 Å². The summed E-state index contributed by atoms with van der Waals surface area (Å²) < 4.78 is 7.40. The molecule has 0 saturated heterocycles. The summed E-state index contributed by atoms with van der Waals surface area (Å²) in [6.07, 6.45) is 3.04. The van der Waals surface area contributed by atoms with Gasteiger partial charge in [-0.2, -0.15) is 5.10 Å². The van der Waals surface area contributed by atoms with Crippen molar-refractivity contribution in [2.75, 3.05) is 20.3 Å². The molecule has 0 bridgehead atoms. The van der Waals surface area contributed by atoms with E-state index < -0.39 is 0 Å². The Morgan fingerprint density at radius 1 is 1.26 bits per heavy atom. The molecule has 1 N–H and O–H groups in total. The third kappa shape index (κ3) is 4.05. The standard InChI is InChI=1S/C15H29N3O/c1-6-14-13(11-16-8-3)15(7-2)18(17-14)12(4)9-10-19-5/h12,16H,6-11H2,1-5H3. The van der Waals surface area contributed by atoms with Crippen LogP contribution in [0.1, 0.15) is 57.1 Å². The lowest BCUT2D eigenvalue weighted by atomic mass is 10.1. The van der Waals surface area contributed by atoms with Crippen molar-refractivity contribution in [3.63, 3.8) is 0 Å². The summed E-state index contributed by atoms with van der Waals surface area (Å²) in [4.78, 5) is 0. The average molecular weight is 267 g/mol. The van der Waals surface area contributed by atoms with E-state index >= 15 is 0 Å². The van der Waals surface area contributed by atoms with Crippen molar-refractivity contribution in [2.45, 2.75) is 59.5 Å². The Morgan fingerprint density at radius 3 is 2.53 bits per heavy atom. The Hall–Kier alpha value is -0.870. The number of nitrogens with zero attached hydrogens (tertiary/aromatic N) is 2. The van der Waals surface area contributed by atoms with E-state index in [2.05, 4.69) is 37.7 Å². The van der Waals surface area contributed by atoms with Gasteiger partial charge in [-0.3, -0.25) is 4.68 Å². The summed E-state index contributed by atoms with van der Waals surface area (Å²) in [7, 11) is 1.75. The Kier molecular flexibility index (Phi) is 7.10. The molecule has 1 heterocycles. The van der Waals surface area contributed by atoms with Crippen LogP contribution in [0.5, 0.6) is 0 Å². The van der Waals surface area contributed by atoms with Gasteiger partial charge in [-0.15, -0.1) is 0 Å². The van der Waals surface area contributed by atoms with Crippen molar-refractivity contribution in [1.29, 1.82) is 0 Å². The average Bonchev–Trinajstić information content (AvgIpc) is 2.79. The second kappa shape index (κ2) is 8.33. The van der Waals surface area contributed by atoms with Gasteiger partial charge in [0.1, 0.15) is 0 Å². The van der Waals surface area contributed by atoms with E-state index in [4.69, 9.17) is 9.84 Å². The van der Waals surface area contributed by atoms with Crippen LogP contribution in [0.15, 0.2) is 0 Å². The van der Waals surface area contributed by atoms with Crippen LogP contribution in [0, 0.1) is 0 Å². The summed E-state index contributed by atoms with van der Waals surface area (Å²) in [5.41, 5.74) is 4.01.